The van der Waals surface area contributed by atoms with E-state index in [1.54, 1.807) is 4.90 Å². The zero-order valence-electron chi connectivity index (χ0n) is 27.3. The van der Waals surface area contributed by atoms with Gasteiger partial charge < -0.3 is 29.2 Å². The van der Waals surface area contributed by atoms with Gasteiger partial charge in [0.05, 0.1) is 17.3 Å². The molecule has 1 aromatic heterocycles. The van der Waals surface area contributed by atoms with Crippen molar-refractivity contribution in [1.82, 2.24) is 19.8 Å². The van der Waals surface area contributed by atoms with Gasteiger partial charge in [0.1, 0.15) is 18.5 Å². The predicted octanol–water partition coefficient (Wildman–Crippen LogP) is 5.86. The van der Waals surface area contributed by atoms with Crippen LogP contribution in [-0.2, 0) is 17.8 Å². The molecule has 2 saturated carbocycles. The van der Waals surface area contributed by atoms with Crippen LogP contribution in [0.4, 0.5) is 11.5 Å². The number of ether oxygens (including phenoxy) is 1. The van der Waals surface area contributed by atoms with Crippen LogP contribution in [-0.4, -0.2) is 91.2 Å². The van der Waals surface area contributed by atoms with Gasteiger partial charge in [0, 0.05) is 55.9 Å². The number of carbonyl (C=O) groups excluding carboxylic acids is 1. The summed E-state index contributed by atoms with van der Waals surface area (Å²) in [6.45, 7) is 16.9. The molecule has 4 aliphatic rings. The monoisotopic (exact) mass is 653 g/mol. The Balaban J connectivity index is 1.12. The maximum atomic E-state index is 12.6. The fraction of sp³-hybridized carbons (Fsp3) is 0.514. The number of hydrogen-bond donors (Lipinski definition) is 0. The first kappa shape index (κ1) is 31.7. The number of likely N-dealkylation sites (N-methyl/N-ethyl adjacent to an activating group) is 1. The van der Waals surface area contributed by atoms with E-state index in [0.29, 0.717) is 44.2 Å². The molecule has 47 heavy (non-hydrogen) atoms. The molecule has 2 aromatic carbocycles. The van der Waals surface area contributed by atoms with Crippen LogP contribution in [0.2, 0.25) is 5.02 Å². The average molecular weight is 654 g/mol. The number of benzene rings is 2. The standard InChI is InChI=1S/C37H44ClN7O2/c1-4-33(46)45-17-16-44(24-28(45)22-39-2)35-29-12-15-43(32-11-6-9-27-8-5-10-30(38)34(27)32)25-31(29)40-36(41-35)47-19-18-42(3)23-26-20-37(21-26)13-7-14-37/h4-6,8-11,26,28H,1,7,12-25H2,3H3/t28-/m0/s1. The molecule has 3 aromatic rings. The van der Waals surface area contributed by atoms with Crippen molar-refractivity contribution < 1.29 is 9.53 Å². The van der Waals surface area contributed by atoms with Gasteiger partial charge in [0.25, 0.3) is 0 Å². The Labute approximate surface area is 283 Å². The summed E-state index contributed by atoms with van der Waals surface area (Å²) in [6, 6.07) is 12.5. The molecule has 1 amide bonds. The van der Waals surface area contributed by atoms with Gasteiger partial charge in [-0.1, -0.05) is 48.9 Å². The zero-order chi connectivity index (χ0) is 32.5. The highest BCUT2D eigenvalue weighted by atomic mass is 35.5. The van der Waals surface area contributed by atoms with Crippen molar-refractivity contribution in [3.63, 3.8) is 0 Å². The van der Waals surface area contributed by atoms with E-state index in [-0.39, 0.29) is 18.5 Å². The minimum atomic E-state index is -0.237. The molecule has 9 nitrogen and oxygen atoms in total. The van der Waals surface area contributed by atoms with E-state index >= 15 is 0 Å². The van der Waals surface area contributed by atoms with Gasteiger partial charge in [-0.2, -0.15) is 9.97 Å². The Morgan fingerprint density at radius 1 is 1.17 bits per heavy atom. The fourth-order valence-corrected chi connectivity index (χ4v) is 8.66. The number of piperazine rings is 1. The van der Waals surface area contributed by atoms with Crippen molar-refractivity contribution in [2.75, 3.05) is 69.3 Å². The zero-order valence-corrected chi connectivity index (χ0v) is 28.1. The van der Waals surface area contributed by atoms with Crippen LogP contribution in [0.25, 0.3) is 15.6 Å². The number of hydrogen-bond acceptors (Lipinski definition) is 7. The number of rotatable bonds is 10. The van der Waals surface area contributed by atoms with Crippen molar-refractivity contribution in [2.24, 2.45) is 11.3 Å². The molecule has 0 unspecified atom stereocenters. The second kappa shape index (κ2) is 13.3. The summed E-state index contributed by atoms with van der Waals surface area (Å²) in [7, 11) is 2.18. The Bertz CT molecular complexity index is 1690. The molecule has 1 atom stereocenters. The highest BCUT2D eigenvalue weighted by molar-refractivity contribution is 6.36. The first-order valence-electron chi connectivity index (χ1n) is 17.0. The van der Waals surface area contributed by atoms with Crippen LogP contribution in [0.3, 0.4) is 0 Å². The lowest BCUT2D eigenvalue weighted by molar-refractivity contribution is -0.128. The first-order chi connectivity index (χ1) is 22.9. The van der Waals surface area contributed by atoms with Gasteiger partial charge in [0.15, 0.2) is 0 Å². The quantitative estimate of drug-likeness (QED) is 0.201. The molecule has 0 bridgehead atoms. The molecule has 3 heterocycles. The number of halogens is 1. The number of fused-ring (bicyclic) bond motifs is 2. The van der Waals surface area contributed by atoms with Gasteiger partial charge >= 0.3 is 6.01 Å². The minimum Gasteiger partial charge on any atom is -0.462 e. The molecule has 246 valence electrons. The Kier molecular flexibility index (Phi) is 8.99. The number of carbonyl (C=O) groups is 1. The first-order valence-corrected chi connectivity index (χ1v) is 17.4. The minimum absolute atomic E-state index is 0.134. The summed E-state index contributed by atoms with van der Waals surface area (Å²) in [5.74, 6) is 1.52. The van der Waals surface area contributed by atoms with E-state index in [4.69, 9.17) is 32.9 Å². The van der Waals surface area contributed by atoms with Crippen LogP contribution in [0.15, 0.2) is 49.1 Å². The fourth-order valence-electron chi connectivity index (χ4n) is 8.38. The van der Waals surface area contributed by atoms with E-state index in [9.17, 15) is 4.79 Å². The largest absolute Gasteiger partial charge is 0.462 e. The molecule has 3 fully saturated rings. The molecular weight excluding hydrogens is 610 g/mol. The highest BCUT2D eigenvalue weighted by Crippen LogP contribution is 2.58. The number of amides is 1. The second-order valence-electron chi connectivity index (χ2n) is 14.0. The van der Waals surface area contributed by atoms with E-state index in [0.717, 1.165) is 70.5 Å². The molecule has 7 rings (SSSR count). The SMILES string of the molecule is [C-]#[N+]C[C@H]1CN(c2nc(OCCN(C)CC3CC4(CCC4)C3)nc3c2CCN(c2cccc4cccc(Cl)c24)C3)CCN1C(=O)C=C. The number of nitrogens with zero attached hydrogens (tertiary/aromatic N) is 7. The van der Waals surface area contributed by atoms with E-state index < -0.39 is 0 Å². The molecule has 0 radical (unpaired) electrons. The Morgan fingerprint density at radius 3 is 2.72 bits per heavy atom. The van der Waals surface area contributed by atoms with Gasteiger partial charge in [0.2, 0.25) is 12.5 Å². The summed E-state index contributed by atoms with van der Waals surface area (Å²) in [5.41, 5.74) is 3.84. The third-order valence-corrected chi connectivity index (χ3v) is 11.2. The van der Waals surface area contributed by atoms with Crippen LogP contribution in [0.1, 0.15) is 43.4 Å². The van der Waals surface area contributed by atoms with Gasteiger partial charge in [-0.3, -0.25) is 4.79 Å². The molecule has 1 spiro atoms. The van der Waals surface area contributed by atoms with E-state index in [2.05, 4.69) is 57.4 Å². The van der Waals surface area contributed by atoms with Crippen molar-refractivity contribution in [2.45, 2.75) is 51.1 Å². The van der Waals surface area contributed by atoms with E-state index in [1.165, 1.54) is 38.2 Å². The van der Waals surface area contributed by atoms with Gasteiger partial charge in [-0.25, -0.2) is 6.57 Å². The molecular formula is C37H44ClN7O2. The number of anilines is 2. The van der Waals surface area contributed by atoms with Crippen molar-refractivity contribution in [1.29, 1.82) is 0 Å². The van der Waals surface area contributed by atoms with Crippen molar-refractivity contribution in [3.8, 4) is 6.01 Å². The third kappa shape index (κ3) is 6.38. The van der Waals surface area contributed by atoms with Crippen molar-refractivity contribution >= 4 is 39.8 Å². The van der Waals surface area contributed by atoms with Crippen LogP contribution < -0.4 is 14.5 Å². The van der Waals surface area contributed by atoms with Crippen LogP contribution in [0.5, 0.6) is 6.01 Å². The maximum absolute atomic E-state index is 12.6. The average Bonchev–Trinajstić information content (AvgIpc) is 3.04. The normalized spacial score (nSPS) is 20.5. The lowest BCUT2D eigenvalue weighted by Gasteiger charge is -2.55. The molecule has 0 N–H and O–H groups in total. The molecule has 1 saturated heterocycles. The second-order valence-corrected chi connectivity index (χ2v) is 14.4. The Morgan fingerprint density at radius 2 is 1.98 bits per heavy atom. The summed E-state index contributed by atoms with van der Waals surface area (Å²) in [4.78, 5) is 35.0. The van der Waals surface area contributed by atoms with Crippen LogP contribution >= 0.6 is 11.6 Å². The highest BCUT2D eigenvalue weighted by Gasteiger charge is 2.47. The van der Waals surface area contributed by atoms with E-state index in [1.807, 2.05) is 12.1 Å². The number of aromatic nitrogens is 2. The summed E-state index contributed by atoms with van der Waals surface area (Å²) < 4.78 is 6.31. The molecule has 2 aliphatic carbocycles. The Hall–Kier alpha value is -3.87. The van der Waals surface area contributed by atoms with Crippen LogP contribution in [0, 0.1) is 17.9 Å². The van der Waals surface area contributed by atoms with Crippen molar-refractivity contribution in [3.05, 3.63) is 76.8 Å². The summed E-state index contributed by atoms with van der Waals surface area (Å²) in [6.07, 6.45) is 9.13. The third-order valence-electron chi connectivity index (χ3n) is 10.9. The molecule has 10 heteroatoms. The van der Waals surface area contributed by atoms with Gasteiger partial charge in [-0.05, 0) is 74.1 Å². The predicted molar refractivity (Wildman–Crippen MR) is 187 cm³/mol. The summed E-state index contributed by atoms with van der Waals surface area (Å²) in [5, 5.41) is 2.90. The lowest BCUT2D eigenvalue weighted by Crippen LogP contribution is -2.56. The van der Waals surface area contributed by atoms with Gasteiger partial charge in [-0.15, -0.1) is 0 Å². The molecule has 2 aliphatic heterocycles. The topological polar surface area (TPSA) is 69.4 Å². The smallest absolute Gasteiger partial charge is 0.318 e. The lowest BCUT2D eigenvalue weighted by atomic mass is 9.52. The maximum Gasteiger partial charge on any atom is 0.318 e. The summed E-state index contributed by atoms with van der Waals surface area (Å²) >= 11 is 6.73.